The average Bonchev–Trinajstić information content (AvgIpc) is 2.30. The van der Waals surface area contributed by atoms with Gasteiger partial charge in [-0.25, -0.2) is 13.2 Å². The number of nitrogens with two attached hydrogens (primary N) is 1. The van der Waals surface area contributed by atoms with E-state index < -0.39 is 17.5 Å². The second kappa shape index (κ2) is 4.89. The fourth-order valence-corrected chi connectivity index (χ4v) is 1.74. The summed E-state index contributed by atoms with van der Waals surface area (Å²) in [5, 5.41) is 2.44. The van der Waals surface area contributed by atoms with Crippen molar-refractivity contribution in [3.05, 3.63) is 52.3 Å². The Hall–Kier alpha value is -1.69. The molecule has 0 saturated heterocycles. The van der Waals surface area contributed by atoms with Gasteiger partial charge in [0.05, 0.1) is 21.5 Å². The third-order valence-electron chi connectivity index (χ3n) is 2.32. The van der Waals surface area contributed by atoms with Crippen LogP contribution in [0.1, 0.15) is 0 Å². The lowest BCUT2D eigenvalue weighted by atomic mass is 10.2. The topological polar surface area (TPSA) is 38.0 Å². The molecule has 0 fully saturated rings. The molecule has 0 radical (unpaired) electrons. The molecule has 0 spiro atoms. The molecule has 2 aromatic rings. The van der Waals surface area contributed by atoms with Crippen LogP contribution < -0.4 is 11.1 Å². The summed E-state index contributed by atoms with van der Waals surface area (Å²) < 4.78 is 40.3. The lowest BCUT2D eigenvalue weighted by Gasteiger charge is -2.11. The van der Waals surface area contributed by atoms with Crippen molar-refractivity contribution in [3.63, 3.8) is 0 Å². The maximum atomic E-state index is 13.6. The molecule has 0 bridgehead atoms. The molecule has 2 rings (SSSR count). The van der Waals surface area contributed by atoms with E-state index in [1.165, 1.54) is 18.2 Å². The number of nitrogens with one attached hydrogen (secondary N) is 1. The van der Waals surface area contributed by atoms with Crippen molar-refractivity contribution >= 4 is 33.0 Å². The zero-order valence-corrected chi connectivity index (χ0v) is 10.6. The highest BCUT2D eigenvalue weighted by Crippen LogP contribution is 2.30. The van der Waals surface area contributed by atoms with Gasteiger partial charge in [-0.05, 0) is 34.1 Å². The van der Waals surface area contributed by atoms with E-state index in [9.17, 15) is 13.2 Å². The normalized spacial score (nSPS) is 10.4. The molecular formula is C12H8BrF3N2. The Morgan fingerprint density at radius 2 is 1.72 bits per heavy atom. The van der Waals surface area contributed by atoms with Crippen molar-refractivity contribution in [2.45, 2.75) is 0 Å². The first-order valence-electron chi connectivity index (χ1n) is 4.94. The average molecular weight is 317 g/mol. The van der Waals surface area contributed by atoms with Gasteiger partial charge in [0.25, 0.3) is 0 Å². The Balaban J connectivity index is 2.43. The van der Waals surface area contributed by atoms with Gasteiger partial charge in [-0.3, -0.25) is 0 Å². The van der Waals surface area contributed by atoms with Crippen molar-refractivity contribution in [3.8, 4) is 0 Å². The van der Waals surface area contributed by atoms with Crippen molar-refractivity contribution in [2.24, 2.45) is 0 Å². The van der Waals surface area contributed by atoms with Crippen LogP contribution in [0.5, 0.6) is 0 Å². The fourth-order valence-electron chi connectivity index (χ4n) is 1.43. The molecule has 6 heteroatoms. The molecule has 94 valence electrons. The van der Waals surface area contributed by atoms with Crippen LogP contribution in [0.2, 0.25) is 0 Å². The number of rotatable bonds is 2. The van der Waals surface area contributed by atoms with E-state index in [0.29, 0.717) is 0 Å². The van der Waals surface area contributed by atoms with E-state index in [-0.39, 0.29) is 21.5 Å². The molecule has 0 aliphatic rings. The van der Waals surface area contributed by atoms with E-state index in [1.807, 2.05) is 0 Å². The summed E-state index contributed by atoms with van der Waals surface area (Å²) in [4.78, 5) is 0. The van der Waals surface area contributed by atoms with Crippen LogP contribution in [-0.2, 0) is 0 Å². The Labute approximate surface area is 110 Å². The molecular weight excluding hydrogens is 309 g/mol. The number of hydrogen-bond acceptors (Lipinski definition) is 2. The molecule has 0 aliphatic heterocycles. The Bertz CT molecular complexity index is 582. The van der Waals surface area contributed by atoms with Crippen LogP contribution in [-0.4, -0.2) is 0 Å². The van der Waals surface area contributed by atoms with Crippen molar-refractivity contribution in [2.75, 3.05) is 11.1 Å². The van der Waals surface area contributed by atoms with Gasteiger partial charge < -0.3 is 11.1 Å². The lowest BCUT2D eigenvalue weighted by Crippen LogP contribution is -2.01. The van der Waals surface area contributed by atoms with Crippen LogP contribution in [0, 0.1) is 17.5 Å². The van der Waals surface area contributed by atoms with Crippen molar-refractivity contribution in [1.82, 2.24) is 0 Å². The molecule has 0 heterocycles. The lowest BCUT2D eigenvalue weighted by molar-refractivity contribution is 0.597. The van der Waals surface area contributed by atoms with E-state index in [4.69, 9.17) is 5.73 Å². The molecule has 0 saturated carbocycles. The Morgan fingerprint density at radius 3 is 2.39 bits per heavy atom. The summed E-state index contributed by atoms with van der Waals surface area (Å²) in [7, 11) is 0. The van der Waals surface area contributed by atoms with Crippen LogP contribution in [0.4, 0.5) is 30.2 Å². The minimum atomic E-state index is -0.717. The molecule has 2 aromatic carbocycles. The SMILES string of the molecule is Nc1cccc(F)c1Nc1cc(F)c(Br)cc1F. The van der Waals surface area contributed by atoms with Gasteiger partial charge >= 0.3 is 0 Å². The van der Waals surface area contributed by atoms with Gasteiger partial charge in [0.15, 0.2) is 0 Å². The first kappa shape index (κ1) is 12.8. The molecule has 0 atom stereocenters. The molecule has 3 N–H and O–H groups in total. The van der Waals surface area contributed by atoms with Crippen molar-refractivity contribution < 1.29 is 13.2 Å². The predicted octanol–water partition coefficient (Wildman–Crippen LogP) is 4.19. The smallest absolute Gasteiger partial charge is 0.148 e. The molecule has 0 aromatic heterocycles. The summed E-state index contributed by atoms with van der Waals surface area (Å²) in [5.74, 6) is -2.02. The second-order valence-electron chi connectivity index (χ2n) is 3.58. The van der Waals surface area contributed by atoms with Gasteiger partial charge in [0.1, 0.15) is 17.5 Å². The van der Waals surface area contributed by atoms with Crippen LogP contribution in [0.25, 0.3) is 0 Å². The minimum Gasteiger partial charge on any atom is -0.397 e. The summed E-state index contributed by atoms with van der Waals surface area (Å²) in [5.41, 5.74) is 5.40. The first-order valence-corrected chi connectivity index (χ1v) is 5.74. The largest absolute Gasteiger partial charge is 0.397 e. The van der Waals surface area contributed by atoms with E-state index in [1.54, 1.807) is 0 Å². The van der Waals surface area contributed by atoms with Crippen molar-refractivity contribution in [1.29, 1.82) is 0 Å². The number of anilines is 3. The highest BCUT2D eigenvalue weighted by molar-refractivity contribution is 9.10. The zero-order valence-electron chi connectivity index (χ0n) is 8.98. The third-order valence-corrected chi connectivity index (χ3v) is 2.92. The monoisotopic (exact) mass is 316 g/mol. The predicted molar refractivity (Wildman–Crippen MR) is 68.2 cm³/mol. The number of halogens is 4. The maximum absolute atomic E-state index is 13.6. The number of nitrogen functional groups attached to an aromatic ring is 1. The fraction of sp³-hybridized carbons (Fsp3) is 0. The summed E-state index contributed by atoms with van der Waals surface area (Å²) in [6.45, 7) is 0. The molecule has 2 nitrogen and oxygen atoms in total. The molecule has 0 amide bonds. The Kier molecular flexibility index (Phi) is 3.47. The highest BCUT2D eigenvalue weighted by atomic mass is 79.9. The van der Waals surface area contributed by atoms with E-state index in [0.717, 1.165) is 12.1 Å². The van der Waals surface area contributed by atoms with Gasteiger partial charge in [0.2, 0.25) is 0 Å². The maximum Gasteiger partial charge on any atom is 0.148 e. The van der Waals surface area contributed by atoms with E-state index in [2.05, 4.69) is 21.2 Å². The second-order valence-corrected chi connectivity index (χ2v) is 4.43. The van der Waals surface area contributed by atoms with Gasteiger partial charge in [-0.1, -0.05) is 6.07 Å². The number of hydrogen-bond donors (Lipinski definition) is 2. The minimum absolute atomic E-state index is 0.00736. The van der Waals surface area contributed by atoms with Gasteiger partial charge in [-0.2, -0.15) is 0 Å². The molecule has 0 aliphatic carbocycles. The number of para-hydroxylation sites is 1. The standard InChI is InChI=1S/C12H8BrF3N2/c13-6-4-9(16)11(5-8(6)15)18-12-7(14)2-1-3-10(12)17/h1-5,18H,17H2. The summed E-state index contributed by atoms with van der Waals surface area (Å²) in [6, 6.07) is 5.93. The quantitative estimate of drug-likeness (QED) is 0.644. The first-order chi connectivity index (χ1) is 8.49. The van der Waals surface area contributed by atoms with Gasteiger partial charge in [-0.15, -0.1) is 0 Å². The van der Waals surface area contributed by atoms with Crippen LogP contribution in [0.15, 0.2) is 34.8 Å². The highest BCUT2D eigenvalue weighted by Gasteiger charge is 2.12. The molecule has 0 unspecified atom stereocenters. The third kappa shape index (κ3) is 2.43. The van der Waals surface area contributed by atoms with E-state index >= 15 is 0 Å². The van der Waals surface area contributed by atoms with Crippen LogP contribution >= 0.6 is 15.9 Å². The summed E-state index contributed by atoms with van der Waals surface area (Å²) >= 11 is 2.85. The Morgan fingerprint density at radius 1 is 1.00 bits per heavy atom. The zero-order chi connectivity index (χ0) is 13.3. The molecule has 18 heavy (non-hydrogen) atoms. The number of benzene rings is 2. The summed E-state index contributed by atoms with van der Waals surface area (Å²) in [6.07, 6.45) is 0. The van der Waals surface area contributed by atoms with Crippen LogP contribution in [0.3, 0.4) is 0 Å². The van der Waals surface area contributed by atoms with Gasteiger partial charge in [0, 0.05) is 6.07 Å².